The molecule has 2 amide bonds. The van der Waals surface area contributed by atoms with Gasteiger partial charge in [0.15, 0.2) is 5.58 Å². The van der Waals surface area contributed by atoms with E-state index in [9.17, 15) is 14.0 Å². The summed E-state index contributed by atoms with van der Waals surface area (Å²) in [7, 11) is 0. The minimum absolute atomic E-state index is 0.00952. The lowest BCUT2D eigenvalue weighted by Crippen LogP contribution is -2.34. The van der Waals surface area contributed by atoms with Crippen LogP contribution in [0, 0.1) is 5.82 Å². The van der Waals surface area contributed by atoms with Crippen LogP contribution in [-0.4, -0.2) is 35.9 Å². The quantitative estimate of drug-likeness (QED) is 0.804. The third kappa shape index (κ3) is 4.12. The molecule has 130 valence electrons. The van der Waals surface area contributed by atoms with Crippen molar-refractivity contribution in [3.8, 4) is 5.88 Å². The fourth-order valence-corrected chi connectivity index (χ4v) is 1.94. The van der Waals surface area contributed by atoms with Gasteiger partial charge < -0.3 is 25.0 Å². The molecular weight excluding hydrogens is 321 g/mol. The Hall–Kier alpha value is -2.84. The lowest BCUT2D eigenvalue weighted by atomic mass is 10.1. The van der Waals surface area contributed by atoms with Crippen LogP contribution in [0.4, 0.5) is 9.18 Å². The summed E-state index contributed by atoms with van der Waals surface area (Å²) in [6.07, 6.45) is -0.597. The minimum Gasteiger partial charge on any atom is -0.473 e. The SMILES string of the molecule is CC(C)(C)OC(=O)NCCOc1noc2ccc(F)c(C(N)=O)c12. The maximum absolute atomic E-state index is 13.8. The van der Waals surface area contributed by atoms with Gasteiger partial charge in [0, 0.05) is 0 Å². The number of primary amides is 1. The highest BCUT2D eigenvalue weighted by Gasteiger charge is 2.21. The molecule has 0 aliphatic heterocycles. The molecule has 1 aromatic heterocycles. The van der Waals surface area contributed by atoms with Gasteiger partial charge >= 0.3 is 6.09 Å². The number of carbonyl (C=O) groups is 2. The molecular formula is C15H18FN3O5. The number of nitrogens with two attached hydrogens (primary N) is 1. The number of nitrogens with zero attached hydrogens (tertiary/aromatic N) is 1. The van der Waals surface area contributed by atoms with Gasteiger partial charge in [0.05, 0.1) is 12.1 Å². The fraction of sp³-hybridized carbons (Fsp3) is 0.400. The average Bonchev–Trinajstić information content (AvgIpc) is 2.84. The van der Waals surface area contributed by atoms with Gasteiger partial charge in [0.25, 0.3) is 11.8 Å². The van der Waals surface area contributed by atoms with Crippen molar-refractivity contribution in [3.05, 3.63) is 23.5 Å². The predicted octanol–water partition coefficient (Wildman–Crippen LogP) is 1.97. The molecule has 0 bridgehead atoms. The second-order valence-corrected chi connectivity index (χ2v) is 5.92. The Balaban J connectivity index is 2.03. The van der Waals surface area contributed by atoms with E-state index in [1.807, 2.05) is 0 Å². The Labute approximate surface area is 137 Å². The van der Waals surface area contributed by atoms with Crippen LogP contribution >= 0.6 is 0 Å². The van der Waals surface area contributed by atoms with Crippen molar-refractivity contribution in [2.75, 3.05) is 13.2 Å². The summed E-state index contributed by atoms with van der Waals surface area (Å²) in [6, 6.07) is 2.37. The number of benzene rings is 1. The molecule has 24 heavy (non-hydrogen) atoms. The van der Waals surface area contributed by atoms with Crippen molar-refractivity contribution in [3.63, 3.8) is 0 Å². The number of rotatable bonds is 5. The van der Waals surface area contributed by atoms with Crippen LogP contribution < -0.4 is 15.8 Å². The number of fused-ring (bicyclic) bond motifs is 1. The first kappa shape index (κ1) is 17.5. The van der Waals surface area contributed by atoms with Crippen LogP contribution in [0.2, 0.25) is 0 Å². The highest BCUT2D eigenvalue weighted by Crippen LogP contribution is 2.29. The van der Waals surface area contributed by atoms with Crippen molar-refractivity contribution >= 4 is 23.0 Å². The van der Waals surface area contributed by atoms with E-state index in [1.165, 1.54) is 6.07 Å². The zero-order valence-corrected chi connectivity index (χ0v) is 13.5. The van der Waals surface area contributed by atoms with Crippen LogP contribution in [-0.2, 0) is 4.74 Å². The number of amides is 2. The smallest absolute Gasteiger partial charge is 0.407 e. The van der Waals surface area contributed by atoms with Gasteiger partial charge in [0.1, 0.15) is 23.4 Å². The summed E-state index contributed by atoms with van der Waals surface area (Å²) in [5, 5.41) is 6.18. The second kappa shape index (κ2) is 6.73. The predicted molar refractivity (Wildman–Crippen MR) is 82.2 cm³/mol. The molecule has 1 aromatic carbocycles. The first-order valence-electron chi connectivity index (χ1n) is 7.16. The number of halogens is 1. The minimum atomic E-state index is -0.960. The van der Waals surface area contributed by atoms with Crippen LogP contribution in [0.3, 0.4) is 0 Å². The molecule has 0 unspecified atom stereocenters. The van der Waals surface area contributed by atoms with E-state index < -0.39 is 23.4 Å². The van der Waals surface area contributed by atoms with Crippen molar-refractivity contribution < 1.29 is 28.0 Å². The first-order chi connectivity index (χ1) is 11.2. The van der Waals surface area contributed by atoms with Crippen LogP contribution in [0.25, 0.3) is 11.0 Å². The molecule has 0 radical (unpaired) electrons. The van der Waals surface area contributed by atoms with Crippen molar-refractivity contribution in [2.45, 2.75) is 26.4 Å². The standard InChI is InChI=1S/C15H18FN3O5/c1-15(2,3)23-14(21)18-6-7-22-13-11-9(24-19-13)5-4-8(16)10(11)12(17)20/h4-5H,6-7H2,1-3H3,(H2,17,20)(H,18,21). The average molecular weight is 339 g/mol. The number of carbonyl (C=O) groups excluding carboxylic acids is 2. The topological polar surface area (TPSA) is 117 Å². The van der Waals surface area contributed by atoms with Crippen molar-refractivity contribution in [1.29, 1.82) is 0 Å². The van der Waals surface area contributed by atoms with Gasteiger partial charge in [-0.1, -0.05) is 0 Å². The van der Waals surface area contributed by atoms with Crippen LogP contribution in [0.5, 0.6) is 5.88 Å². The second-order valence-electron chi connectivity index (χ2n) is 5.92. The molecule has 2 aromatic rings. The molecule has 0 fully saturated rings. The molecule has 0 aliphatic carbocycles. The van der Waals surface area contributed by atoms with Gasteiger partial charge in [-0.3, -0.25) is 4.79 Å². The van der Waals surface area contributed by atoms with Crippen LogP contribution in [0.15, 0.2) is 16.7 Å². The number of hydrogen-bond acceptors (Lipinski definition) is 6. The van der Waals surface area contributed by atoms with E-state index in [1.54, 1.807) is 20.8 Å². The van der Waals surface area contributed by atoms with Gasteiger partial charge in [-0.25, -0.2) is 9.18 Å². The van der Waals surface area contributed by atoms with Gasteiger partial charge in [0.2, 0.25) is 0 Å². The highest BCUT2D eigenvalue weighted by molar-refractivity contribution is 6.07. The molecule has 0 saturated heterocycles. The Kier molecular flexibility index (Phi) is 4.91. The lowest BCUT2D eigenvalue weighted by Gasteiger charge is -2.19. The van der Waals surface area contributed by atoms with E-state index in [0.717, 1.165) is 6.07 Å². The molecule has 0 atom stereocenters. The molecule has 0 aliphatic rings. The zero-order valence-electron chi connectivity index (χ0n) is 13.5. The molecule has 9 heteroatoms. The first-order valence-corrected chi connectivity index (χ1v) is 7.16. The zero-order chi connectivity index (χ0) is 17.9. The Morgan fingerprint density at radius 3 is 2.71 bits per heavy atom. The molecule has 0 spiro atoms. The molecule has 2 rings (SSSR count). The highest BCUT2D eigenvalue weighted by atomic mass is 19.1. The largest absolute Gasteiger partial charge is 0.473 e. The van der Waals surface area contributed by atoms with Crippen molar-refractivity contribution in [1.82, 2.24) is 10.5 Å². The summed E-state index contributed by atoms with van der Waals surface area (Å²) in [5.41, 5.74) is 4.38. The monoisotopic (exact) mass is 339 g/mol. The van der Waals surface area contributed by atoms with Gasteiger partial charge in [-0.15, -0.1) is 0 Å². The number of ether oxygens (including phenoxy) is 2. The maximum Gasteiger partial charge on any atom is 0.407 e. The normalized spacial score (nSPS) is 11.3. The van der Waals surface area contributed by atoms with Crippen molar-refractivity contribution in [2.24, 2.45) is 5.73 Å². The summed E-state index contributed by atoms with van der Waals surface area (Å²) in [6.45, 7) is 5.35. The fourth-order valence-electron chi connectivity index (χ4n) is 1.94. The molecule has 3 N–H and O–H groups in total. The summed E-state index contributed by atoms with van der Waals surface area (Å²) < 4.78 is 29.2. The maximum atomic E-state index is 13.8. The Morgan fingerprint density at radius 2 is 2.08 bits per heavy atom. The van der Waals surface area contributed by atoms with Gasteiger partial charge in [-0.05, 0) is 38.1 Å². The third-order valence-corrected chi connectivity index (χ3v) is 2.81. The van der Waals surface area contributed by atoms with Crippen LogP contribution in [0.1, 0.15) is 31.1 Å². The van der Waals surface area contributed by atoms with E-state index in [2.05, 4.69) is 10.5 Å². The van der Waals surface area contributed by atoms with E-state index in [-0.39, 0.29) is 35.6 Å². The molecule has 0 saturated carbocycles. The van der Waals surface area contributed by atoms with E-state index in [4.69, 9.17) is 19.7 Å². The number of hydrogen-bond donors (Lipinski definition) is 2. The molecule has 8 nitrogen and oxygen atoms in total. The summed E-state index contributed by atoms with van der Waals surface area (Å²) in [4.78, 5) is 22.9. The van der Waals surface area contributed by atoms with E-state index in [0.29, 0.717) is 0 Å². The number of aromatic nitrogens is 1. The molecule has 1 heterocycles. The van der Waals surface area contributed by atoms with E-state index >= 15 is 0 Å². The summed E-state index contributed by atoms with van der Waals surface area (Å²) in [5.74, 6) is -1.84. The van der Waals surface area contributed by atoms with Gasteiger partial charge in [-0.2, -0.15) is 0 Å². The number of alkyl carbamates (subject to hydrolysis) is 1. The summed E-state index contributed by atoms with van der Waals surface area (Å²) >= 11 is 0. The Bertz CT molecular complexity index is 766. The lowest BCUT2D eigenvalue weighted by molar-refractivity contribution is 0.0519. The third-order valence-electron chi connectivity index (χ3n) is 2.81. The number of nitrogens with one attached hydrogen (secondary N) is 1. The Morgan fingerprint density at radius 1 is 1.38 bits per heavy atom.